The lowest BCUT2D eigenvalue weighted by atomic mass is 9.81. The van der Waals surface area contributed by atoms with E-state index in [2.05, 4.69) is 4.74 Å². The average molecular weight is 748 g/mol. The quantitative estimate of drug-likeness (QED) is 0.198. The van der Waals surface area contributed by atoms with Crippen LogP contribution in [0.4, 0.5) is 50.9 Å². The molecule has 1 aliphatic carbocycles. The maximum absolute atomic E-state index is 13.7. The van der Waals surface area contributed by atoms with Crippen molar-refractivity contribution < 1.29 is 54.2 Å². The molecule has 0 aliphatic heterocycles. The van der Waals surface area contributed by atoms with Gasteiger partial charge in [-0.1, -0.05) is 11.6 Å². The molecule has 0 unspecified atom stereocenters. The number of hydrogen-bond acceptors (Lipinski definition) is 4. The van der Waals surface area contributed by atoms with Crippen molar-refractivity contribution in [3.05, 3.63) is 87.9 Å². The highest BCUT2D eigenvalue weighted by atomic mass is 35.5. The summed E-state index contributed by atoms with van der Waals surface area (Å²) in [6.45, 7) is 1.94. The monoisotopic (exact) mass is 746 g/mol. The number of carboxylic acids is 1. The Bertz CT molecular complexity index is 1520. The molecule has 0 bridgehead atoms. The van der Waals surface area contributed by atoms with Gasteiger partial charge in [-0.15, -0.1) is 25.6 Å². The Kier molecular flexibility index (Phi) is 13.0. The SMILES string of the molecule is CCN(C[C@H]1CC[C@H](C(=O)O)CC1)c1ccc(OC(F)(F)F)cc1CN(Cc1cc(C(F)(F)F)cc(C(F)(F)F)c1)c1ccc(Cl)cc1.Cl. The van der Waals surface area contributed by atoms with Crippen LogP contribution in [0.3, 0.4) is 0 Å². The van der Waals surface area contributed by atoms with Crippen LogP contribution >= 0.6 is 24.0 Å². The van der Waals surface area contributed by atoms with E-state index in [9.17, 15) is 49.4 Å². The molecule has 0 atom stereocenters. The van der Waals surface area contributed by atoms with Gasteiger partial charge in [0.2, 0.25) is 0 Å². The van der Waals surface area contributed by atoms with E-state index in [4.69, 9.17) is 11.6 Å². The second-order valence-electron chi connectivity index (χ2n) is 11.7. The van der Waals surface area contributed by atoms with Gasteiger partial charge < -0.3 is 19.6 Å². The Morgan fingerprint density at radius 1 is 0.816 bits per heavy atom. The van der Waals surface area contributed by atoms with Gasteiger partial charge >= 0.3 is 24.7 Å². The molecule has 3 aromatic carbocycles. The lowest BCUT2D eigenvalue weighted by molar-refractivity contribution is -0.274. The number of alkyl halides is 9. The average Bonchev–Trinajstić information content (AvgIpc) is 2.99. The first-order valence-electron chi connectivity index (χ1n) is 15.0. The molecule has 5 nitrogen and oxygen atoms in total. The first-order chi connectivity index (χ1) is 22.3. The van der Waals surface area contributed by atoms with Gasteiger partial charge in [0.25, 0.3) is 0 Å². The van der Waals surface area contributed by atoms with Crippen LogP contribution in [0.1, 0.15) is 54.9 Å². The molecular weight excluding hydrogens is 714 g/mol. The number of benzene rings is 3. The maximum Gasteiger partial charge on any atom is 0.573 e. The van der Waals surface area contributed by atoms with Crippen molar-refractivity contribution in [2.75, 3.05) is 22.9 Å². The van der Waals surface area contributed by atoms with Crippen molar-refractivity contribution in [2.24, 2.45) is 11.8 Å². The Hall–Kier alpha value is -3.52. The Morgan fingerprint density at radius 2 is 1.39 bits per heavy atom. The summed E-state index contributed by atoms with van der Waals surface area (Å²) in [5.41, 5.74) is -2.27. The number of halogens is 11. The summed E-state index contributed by atoms with van der Waals surface area (Å²) in [4.78, 5) is 14.8. The standard InChI is InChI=1S/C33H32ClF9N2O3.ClH/c1-2-44(17-20-3-5-22(6-4-20)30(46)47)29-12-11-28(48-33(41,42)43)15-23(29)19-45(27-9-7-26(34)8-10-27)18-21-13-24(31(35,36)37)16-25(14-21)32(38,39)40;/h7-16,20,22H,2-6,17-19H2,1H3,(H,46,47);1H/t20-,22-;. The second kappa shape index (κ2) is 16.0. The highest BCUT2D eigenvalue weighted by Crippen LogP contribution is 2.38. The maximum atomic E-state index is 13.7. The number of hydrogen-bond donors (Lipinski definition) is 1. The predicted octanol–water partition coefficient (Wildman–Crippen LogP) is 10.6. The molecule has 0 radical (unpaired) electrons. The number of anilines is 2. The molecule has 1 N–H and O–H groups in total. The Balaban J connectivity index is 0.00000650. The fourth-order valence-electron chi connectivity index (χ4n) is 5.92. The smallest absolute Gasteiger partial charge is 0.481 e. The molecule has 1 aliphatic rings. The third-order valence-electron chi connectivity index (χ3n) is 8.26. The zero-order valence-electron chi connectivity index (χ0n) is 25.9. The lowest BCUT2D eigenvalue weighted by Gasteiger charge is -2.34. The third kappa shape index (κ3) is 11.2. The zero-order chi connectivity index (χ0) is 35.4. The van der Waals surface area contributed by atoms with Crippen LogP contribution in [0.5, 0.6) is 5.75 Å². The molecule has 3 aromatic rings. The van der Waals surface area contributed by atoms with Crippen LogP contribution in [0.25, 0.3) is 0 Å². The first-order valence-corrected chi connectivity index (χ1v) is 15.4. The third-order valence-corrected chi connectivity index (χ3v) is 8.51. The molecule has 1 saturated carbocycles. The molecule has 0 heterocycles. The van der Waals surface area contributed by atoms with Gasteiger partial charge in [0.1, 0.15) is 5.75 Å². The van der Waals surface area contributed by atoms with Gasteiger partial charge in [-0.25, -0.2) is 0 Å². The molecular formula is C33H33Cl2F9N2O3. The van der Waals surface area contributed by atoms with Crippen LogP contribution in [-0.4, -0.2) is 30.5 Å². The van der Waals surface area contributed by atoms with Gasteiger partial charge in [-0.05, 0) is 110 Å². The van der Waals surface area contributed by atoms with Crippen molar-refractivity contribution in [1.29, 1.82) is 0 Å². The van der Waals surface area contributed by atoms with Crippen molar-refractivity contribution >= 4 is 41.4 Å². The normalized spacial score (nSPS) is 16.9. The van der Waals surface area contributed by atoms with Gasteiger partial charge in [0.15, 0.2) is 0 Å². The van der Waals surface area contributed by atoms with E-state index in [1.807, 2.05) is 11.8 Å². The molecule has 16 heteroatoms. The summed E-state index contributed by atoms with van der Waals surface area (Å²) in [7, 11) is 0. The molecule has 1 fully saturated rings. The molecule has 0 saturated heterocycles. The number of nitrogens with zero attached hydrogens (tertiary/aromatic N) is 2. The number of ether oxygens (including phenoxy) is 1. The van der Waals surface area contributed by atoms with E-state index in [1.54, 1.807) is 0 Å². The highest BCUT2D eigenvalue weighted by Gasteiger charge is 2.37. The minimum atomic E-state index is -5.08. The fourth-order valence-corrected chi connectivity index (χ4v) is 6.05. The predicted molar refractivity (Wildman–Crippen MR) is 169 cm³/mol. The van der Waals surface area contributed by atoms with E-state index >= 15 is 0 Å². The van der Waals surface area contributed by atoms with Crippen LogP contribution < -0.4 is 14.5 Å². The van der Waals surface area contributed by atoms with E-state index < -0.39 is 54.0 Å². The molecule has 270 valence electrons. The number of aliphatic carboxylic acids is 1. The Labute approximate surface area is 288 Å². The Morgan fingerprint density at radius 3 is 1.88 bits per heavy atom. The van der Waals surface area contributed by atoms with E-state index in [0.717, 1.165) is 12.1 Å². The van der Waals surface area contributed by atoms with Crippen molar-refractivity contribution in [2.45, 2.75) is 64.4 Å². The summed E-state index contributed by atoms with van der Waals surface area (Å²) in [6.07, 6.45) is -13.0. The summed E-state index contributed by atoms with van der Waals surface area (Å²) < 4.78 is 126. The molecule has 0 aromatic heterocycles. The van der Waals surface area contributed by atoms with Gasteiger partial charge in [0, 0.05) is 42.6 Å². The highest BCUT2D eigenvalue weighted by molar-refractivity contribution is 6.30. The minimum absolute atomic E-state index is 0. The van der Waals surface area contributed by atoms with Gasteiger partial charge in [-0.3, -0.25) is 4.79 Å². The minimum Gasteiger partial charge on any atom is -0.481 e. The van der Waals surface area contributed by atoms with E-state index in [-0.39, 0.29) is 42.1 Å². The van der Waals surface area contributed by atoms with Crippen LogP contribution in [0.2, 0.25) is 5.02 Å². The lowest BCUT2D eigenvalue weighted by Crippen LogP contribution is -2.34. The fraction of sp³-hybridized carbons (Fsp3) is 0.424. The van der Waals surface area contributed by atoms with Crippen LogP contribution in [0.15, 0.2) is 60.7 Å². The summed E-state index contributed by atoms with van der Waals surface area (Å²) in [5.74, 6) is -1.80. The first kappa shape index (κ1) is 39.9. The largest absolute Gasteiger partial charge is 0.573 e. The summed E-state index contributed by atoms with van der Waals surface area (Å²) in [5, 5.41) is 9.66. The zero-order valence-corrected chi connectivity index (χ0v) is 27.5. The van der Waals surface area contributed by atoms with Crippen LogP contribution in [-0.2, 0) is 30.2 Å². The van der Waals surface area contributed by atoms with Crippen molar-refractivity contribution in [1.82, 2.24) is 0 Å². The molecule has 49 heavy (non-hydrogen) atoms. The second-order valence-corrected chi connectivity index (χ2v) is 12.1. The topological polar surface area (TPSA) is 53.0 Å². The van der Waals surface area contributed by atoms with Gasteiger partial charge in [-0.2, -0.15) is 26.3 Å². The van der Waals surface area contributed by atoms with Crippen molar-refractivity contribution in [3.8, 4) is 5.75 Å². The number of carbonyl (C=O) groups is 1. The summed E-state index contributed by atoms with van der Waals surface area (Å²) >= 11 is 6.03. The molecule has 4 rings (SSSR count). The van der Waals surface area contributed by atoms with E-state index in [0.29, 0.717) is 67.3 Å². The number of carboxylic acid groups (broad SMARTS) is 1. The number of rotatable bonds is 11. The van der Waals surface area contributed by atoms with Crippen LogP contribution in [0, 0.1) is 11.8 Å². The van der Waals surface area contributed by atoms with Crippen molar-refractivity contribution in [3.63, 3.8) is 0 Å². The molecule has 0 spiro atoms. The molecule has 0 amide bonds. The summed E-state index contributed by atoms with van der Waals surface area (Å²) in [6, 6.07) is 10.9. The van der Waals surface area contributed by atoms with E-state index in [1.165, 1.54) is 35.2 Å². The van der Waals surface area contributed by atoms with Gasteiger partial charge in [0.05, 0.1) is 17.0 Å².